The molecular weight excluding hydrogens is 294 g/mol. The van der Waals surface area contributed by atoms with E-state index in [2.05, 4.69) is 22.0 Å². The molecule has 3 nitrogen and oxygen atoms in total. The van der Waals surface area contributed by atoms with Gasteiger partial charge >= 0.3 is 0 Å². The third-order valence-electron chi connectivity index (χ3n) is 3.64. The van der Waals surface area contributed by atoms with Gasteiger partial charge in [0, 0.05) is 23.0 Å². The molecule has 0 aliphatic carbocycles. The van der Waals surface area contributed by atoms with Gasteiger partial charge in [-0.15, -0.1) is 0 Å². The van der Waals surface area contributed by atoms with E-state index in [0.717, 1.165) is 42.7 Å². The highest BCUT2D eigenvalue weighted by atomic mass is 79.9. The number of ether oxygens (including phenoxy) is 2. The van der Waals surface area contributed by atoms with Gasteiger partial charge in [-0.05, 0) is 43.0 Å². The summed E-state index contributed by atoms with van der Waals surface area (Å²) in [6.07, 6.45) is 3.12. The molecule has 100 valence electrons. The number of hydrogen-bond acceptors (Lipinski definition) is 3. The fourth-order valence-corrected chi connectivity index (χ4v) is 2.98. The third-order valence-corrected chi connectivity index (χ3v) is 4.14. The lowest BCUT2D eigenvalue weighted by atomic mass is 9.77. The SMILES string of the molecule is COc1ccc(Br)cc1CC1(CN)CCCOC1. The highest BCUT2D eigenvalue weighted by Gasteiger charge is 2.32. The summed E-state index contributed by atoms with van der Waals surface area (Å²) in [6, 6.07) is 6.10. The Morgan fingerprint density at radius 3 is 2.94 bits per heavy atom. The maximum Gasteiger partial charge on any atom is 0.122 e. The van der Waals surface area contributed by atoms with Gasteiger partial charge in [0.25, 0.3) is 0 Å². The molecule has 1 atom stereocenters. The summed E-state index contributed by atoms with van der Waals surface area (Å²) in [4.78, 5) is 0. The van der Waals surface area contributed by atoms with E-state index in [1.165, 1.54) is 5.56 Å². The number of methoxy groups -OCH3 is 1. The van der Waals surface area contributed by atoms with Gasteiger partial charge < -0.3 is 15.2 Å². The molecular formula is C14H20BrNO2. The molecule has 0 radical (unpaired) electrons. The molecule has 18 heavy (non-hydrogen) atoms. The van der Waals surface area contributed by atoms with Crippen molar-refractivity contribution in [3.63, 3.8) is 0 Å². The predicted octanol–water partition coefficient (Wildman–Crippen LogP) is 2.76. The Morgan fingerprint density at radius 1 is 1.50 bits per heavy atom. The summed E-state index contributed by atoms with van der Waals surface area (Å²) in [5.41, 5.74) is 7.24. The van der Waals surface area contributed by atoms with Crippen molar-refractivity contribution in [3.8, 4) is 5.75 Å². The van der Waals surface area contributed by atoms with Gasteiger partial charge in [-0.1, -0.05) is 15.9 Å². The molecule has 1 aliphatic heterocycles. The third kappa shape index (κ3) is 3.05. The minimum Gasteiger partial charge on any atom is -0.496 e. The zero-order valence-corrected chi connectivity index (χ0v) is 12.3. The molecule has 0 bridgehead atoms. The topological polar surface area (TPSA) is 44.5 Å². The van der Waals surface area contributed by atoms with E-state index < -0.39 is 0 Å². The Hall–Kier alpha value is -0.580. The summed E-state index contributed by atoms with van der Waals surface area (Å²) in [7, 11) is 1.71. The predicted molar refractivity (Wildman–Crippen MR) is 75.9 cm³/mol. The maximum absolute atomic E-state index is 5.98. The fourth-order valence-electron chi connectivity index (χ4n) is 2.57. The quantitative estimate of drug-likeness (QED) is 0.929. The summed E-state index contributed by atoms with van der Waals surface area (Å²) < 4.78 is 12.1. The normalized spacial score (nSPS) is 23.9. The largest absolute Gasteiger partial charge is 0.496 e. The lowest BCUT2D eigenvalue weighted by Crippen LogP contribution is -2.40. The van der Waals surface area contributed by atoms with E-state index in [9.17, 15) is 0 Å². The van der Waals surface area contributed by atoms with Crippen molar-refractivity contribution >= 4 is 15.9 Å². The van der Waals surface area contributed by atoms with Gasteiger partial charge in [0.1, 0.15) is 5.75 Å². The lowest BCUT2D eigenvalue weighted by molar-refractivity contribution is -0.00288. The second-order valence-electron chi connectivity index (χ2n) is 4.99. The molecule has 1 aliphatic rings. The molecule has 4 heteroatoms. The molecule has 0 aromatic heterocycles. The number of hydrogen-bond donors (Lipinski definition) is 1. The first-order valence-corrected chi connectivity index (χ1v) is 7.09. The summed E-state index contributed by atoms with van der Waals surface area (Å²) in [6.45, 7) is 2.26. The monoisotopic (exact) mass is 313 g/mol. The summed E-state index contributed by atoms with van der Waals surface area (Å²) in [5.74, 6) is 0.927. The standard InChI is InChI=1S/C14H20BrNO2/c1-17-13-4-3-12(15)7-11(13)8-14(9-16)5-2-6-18-10-14/h3-4,7H,2,5-6,8-10,16H2,1H3. The molecule has 1 aromatic carbocycles. The first-order valence-electron chi connectivity index (χ1n) is 6.29. The molecule has 1 unspecified atom stereocenters. The van der Waals surface area contributed by atoms with Crippen LogP contribution in [0.1, 0.15) is 18.4 Å². The van der Waals surface area contributed by atoms with Gasteiger partial charge in [0.15, 0.2) is 0 Å². The van der Waals surface area contributed by atoms with Crippen LogP contribution in [0.5, 0.6) is 5.75 Å². The number of rotatable bonds is 4. The summed E-state index contributed by atoms with van der Waals surface area (Å²) >= 11 is 3.51. The minimum absolute atomic E-state index is 0.0618. The van der Waals surface area contributed by atoms with E-state index in [-0.39, 0.29) is 5.41 Å². The van der Waals surface area contributed by atoms with Crippen LogP contribution in [0.3, 0.4) is 0 Å². The van der Waals surface area contributed by atoms with Crippen LogP contribution in [0.4, 0.5) is 0 Å². The number of halogens is 1. The molecule has 0 saturated carbocycles. The van der Waals surface area contributed by atoms with E-state index >= 15 is 0 Å². The molecule has 2 N–H and O–H groups in total. The van der Waals surface area contributed by atoms with Gasteiger partial charge in [0.2, 0.25) is 0 Å². The molecule has 0 amide bonds. The van der Waals surface area contributed by atoms with E-state index in [0.29, 0.717) is 6.54 Å². The Kier molecular flexibility index (Phi) is 4.65. The Morgan fingerprint density at radius 2 is 2.33 bits per heavy atom. The Bertz CT molecular complexity index is 403. The van der Waals surface area contributed by atoms with Crippen LogP contribution in [-0.2, 0) is 11.2 Å². The van der Waals surface area contributed by atoms with Crippen LogP contribution < -0.4 is 10.5 Å². The van der Waals surface area contributed by atoms with Crippen molar-refractivity contribution in [1.29, 1.82) is 0 Å². The average molecular weight is 314 g/mol. The van der Waals surface area contributed by atoms with Crippen LogP contribution in [-0.4, -0.2) is 26.9 Å². The smallest absolute Gasteiger partial charge is 0.122 e. The maximum atomic E-state index is 5.98. The van der Waals surface area contributed by atoms with Gasteiger partial charge in [-0.3, -0.25) is 0 Å². The first-order chi connectivity index (χ1) is 8.69. The van der Waals surface area contributed by atoms with Crippen LogP contribution in [0, 0.1) is 5.41 Å². The van der Waals surface area contributed by atoms with Crippen molar-refractivity contribution in [1.82, 2.24) is 0 Å². The zero-order chi connectivity index (χ0) is 13.0. The lowest BCUT2D eigenvalue weighted by Gasteiger charge is -2.36. The van der Waals surface area contributed by atoms with Crippen molar-refractivity contribution < 1.29 is 9.47 Å². The average Bonchev–Trinajstić information content (AvgIpc) is 2.40. The van der Waals surface area contributed by atoms with Crippen molar-refractivity contribution in [2.75, 3.05) is 26.9 Å². The van der Waals surface area contributed by atoms with Gasteiger partial charge in [0.05, 0.1) is 13.7 Å². The van der Waals surface area contributed by atoms with E-state index in [1.807, 2.05) is 12.1 Å². The highest BCUT2D eigenvalue weighted by Crippen LogP contribution is 2.35. The van der Waals surface area contributed by atoms with Crippen LogP contribution in [0.15, 0.2) is 22.7 Å². The van der Waals surface area contributed by atoms with E-state index in [4.69, 9.17) is 15.2 Å². The van der Waals surface area contributed by atoms with Crippen molar-refractivity contribution in [2.45, 2.75) is 19.3 Å². The molecule has 1 heterocycles. The van der Waals surface area contributed by atoms with Gasteiger partial charge in [-0.2, -0.15) is 0 Å². The first kappa shape index (κ1) is 13.8. The number of benzene rings is 1. The minimum atomic E-state index is 0.0618. The fraction of sp³-hybridized carbons (Fsp3) is 0.571. The molecule has 1 aromatic rings. The molecule has 1 fully saturated rings. The van der Waals surface area contributed by atoms with E-state index in [1.54, 1.807) is 7.11 Å². The zero-order valence-electron chi connectivity index (χ0n) is 10.7. The molecule has 2 rings (SSSR count). The summed E-state index contributed by atoms with van der Waals surface area (Å²) in [5, 5.41) is 0. The van der Waals surface area contributed by atoms with Crippen molar-refractivity contribution in [2.24, 2.45) is 11.1 Å². The van der Waals surface area contributed by atoms with Crippen molar-refractivity contribution in [3.05, 3.63) is 28.2 Å². The molecule has 0 spiro atoms. The molecule has 1 saturated heterocycles. The number of nitrogens with two attached hydrogens (primary N) is 1. The Balaban J connectivity index is 2.23. The Labute approximate surface area is 117 Å². The second kappa shape index (κ2) is 6.04. The highest BCUT2D eigenvalue weighted by molar-refractivity contribution is 9.10. The van der Waals surface area contributed by atoms with Crippen LogP contribution >= 0.6 is 15.9 Å². The van der Waals surface area contributed by atoms with Crippen LogP contribution in [0.2, 0.25) is 0 Å². The second-order valence-corrected chi connectivity index (χ2v) is 5.91. The van der Waals surface area contributed by atoms with Crippen LogP contribution in [0.25, 0.3) is 0 Å². The van der Waals surface area contributed by atoms with Gasteiger partial charge in [-0.25, -0.2) is 0 Å².